The molecule has 0 fully saturated rings. The Morgan fingerprint density at radius 2 is 2.21 bits per heavy atom. The van der Waals surface area contributed by atoms with Gasteiger partial charge >= 0.3 is 0 Å². The quantitative estimate of drug-likeness (QED) is 0.686. The maximum Gasteiger partial charge on any atom is 0.0461 e. The van der Waals surface area contributed by atoms with E-state index >= 15 is 0 Å². The van der Waals surface area contributed by atoms with Crippen LogP contribution in [0.25, 0.3) is 16.7 Å². The summed E-state index contributed by atoms with van der Waals surface area (Å²) in [5, 5.41) is 1.86. The van der Waals surface area contributed by atoms with Crippen LogP contribution >= 0.6 is 0 Å². The van der Waals surface area contributed by atoms with Crippen molar-refractivity contribution in [1.82, 2.24) is 4.98 Å². The fourth-order valence-electron chi connectivity index (χ4n) is 1.90. The largest absolute Gasteiger partial charge is 0.559 e. The van der Waals surface area contributed by atoms with Gasteiger partial charge < -0.3 is 10.4 Å². The minimum absolute atomic E-state index is 0. The van der Waals surface area contributed by atoms with Gasteiger partial charge in [-0.1, -0.05) is 24.8 Å². The molecule has 3 nitrogen and oxygen atoms in total. The number of nitrogens with zero attached hydrogens (tertiary/aromatic N) is 3. The van der Waals surface area contributed by atoms with E-state index in [4.69, 9.17) is 0 Å². The molecule has 19 heavy (non-hydrogen) atoms. The molecule has 1 unspecified atom stereocenters. The number of hydrogen-bond donors (Lipinski definition) is 0. The number of benzene rings is 1. The molecular weight excluding hydrogens is 414 g/mol. The molecule has 2 heterocycles. The first-order chi connectivity index (χ1) is 8.83. The second-order valence-corrected chi connectivity index (χ2v) is 4.22. The van der Waals surface area contributed by atoms with Gasteiger partial charge in [-0.3, -0.25) is 4.98 Å². The first-order valence-corrected chi connectivity index (χ1v) is 5.94. The van der Waals surface area contributed by atoms with Crippen LogP contribution in [0, 0.1) is 6.07 Å². The number of pyridine rings is 1. The molecule has 1 aliphatic heterocycles. The molecule has 99 valence electrons. The third-order valence-electron chi connectivity index (χ3n) is 2.81. The van der Waals surface area contributed by atoms with Crippen molar-refractivity contribution in [2.45, 2.75) is 13.0 Å². The first-order valence-electron chi connectivity index (χ1n) is 5.94. The number of hydrogen-bond acceptors (Lipinski definition) is 2. The van der Waals surface area contributed by atoms with Gasteiger partial charge in [-0.15, -0.1) is 17.7 Å². The molecule has 0 amide bonds. The molecule has 1 atom stereocenters. The third-order valence-corrected chi connectivity index (χ3v) is 2.81. The van der Waals surface area contributed by atoms with E-state index in [1.54, 1.807) is 6.20 Å². The molecule has 2 aromatic rings. The normalized spacial score (nSPS) is 17.3. The number of rotatable bonds is 2. The molecule has 0 saturated carbocycles. The van der Waals surface area contributed by atoms with E-state index in [2.05, 4.69) is 29.5 Å². The summed E-state index contributed by atoms with van der Waals surface area (Å²) in [5.74, 6) is 0. The molecule has 0 spiro atoms. The third kappa shape index (κ3) is 3.10. The molecular formula is C15H13IrN3-2. The molecule has 0 N–H and O–H groups in total. The summed E-state index contributed by atoms with van der Waals surface area (Å²) in [7, 11) is 0. The smallest absolute Gasteiger partial charge is 0.0461 e. The summed E-state index contributed by atoms with van der Waals surface area (Å²) in [4.78, 5) is 4.35. The van der Waals surface area contributed by atoms with E-state index in [-0.39, 0.29) is 26.1 Å². The Balaban J connectivity index is 0.00000133. The first kappa shape index (κ1) is 13.9. The molecule has 0 aliphatic carbocycles. The minimum Gasteiger partial charge on any atom is -0.559 e. The SMILES string of the molecule is CC1C=CN(c2[c-]ccc(-c3ccccn3)c2)[N-]1.[Ir]. The van der Waals surface area contributed by atoms with Crippen LogP contribution < -0.4 is 5.01 Å². The summed E-state index contributed by atoms with van der Waals surface area (Å²) < 4.78 is 0. The molecule has 0 saturated heterocycles. The Bertz CT molecular complexity index is 569. The Kier molecular flexibility index (Phi) is 4.48. The van der Waals surface area contributed by atoms with Crippen LogP contribution in [0.4, 0.5) is 5.69 Å². The van der Waals surface area contributed by atoms with Crippen LogP contribution in [-0.4, -0.2) is 11.0 Å². The van der Waals surface area contributed by atoms with Gasteiger partial charge in [0.25, 0.3) is 0 Å². The second-order valence-electron chi connectivity index (χ2n) is 4.22. The predicted molar refractivity (Wildman–Crippen MR) is 72.9 cm³/mol. The molecule has 1 aromatic heterocycles. The topological polar surface area (TPSA) is 30.2 Å². The van der Waals surface area contributed by atoms with Gasteiger partial charge in [-0.05, 0) is 18.3 Å². The molecule has 1 aromatic carbocycles. The average molecular weight is 428 g/mol. The van der Waals surface area contributed by atoms with Crippen LogP contribution in [0.1, 0.15) is 6.92 Å². The van der Waals surface area contributed by atoms with Gasteiger partial charge in [0, 0.05) is 32.0 Å². The van der Waals surface area contributed by atoms with E-state index in [1.807, 2.05) is 47.6 Å². The van der Waals surface area contributed by atoms with E-state index in [0.717, 1.165) is 16.9 Å². The average Bonchev–Trinajstić information content (AvgIpc) is 2.87. The zero-order valence-corrected chi connectivity index (χ0v) is 12.8. The molecule has 3 rings (SSSR count). The van der Waals surface area contributed by atoms with Crippen LogP contribution in [-0.2, 0) is 20.1 Å². The van der Waals surface area contributed by atoms with Gasteiger partial charge in [0.2, 0.25) is 0 Å². The predicted octanol–water partition coefficient (Wildman–Crippen LogP) is 3.56. The van der Waals surface area contributed by atoms with Crippen molar-refractivity contribution >= 4 is 5.69 Å². The standard InChI is InChI=1S/C15H13N3.Ir/c1-12-8-10-18(17-12)14-6-4-5-13(11-14)15-7-2-3-9-16-15;/h2-5,7-12H,1H3;/q-2;. The van der Waals surface area contributed by atoms with Crippen LogP contribution in [0.15, 0.2) is 54.9 Å². The fourth-order valence-corrected chi connectivity index (χ4v) is 1.90. The van der Waals surface area contributed by atoms with Gasteiger partial charge in [-0.25, -0.2) is 0 Å². The van der Waals surface area contributed by atoms with Gasteiger partial charge in [0.1, 0.15) is 0 Å². The van der Waals surface area contributed by atoms with Crippen molar-refractivity contribution in [3.63, 3.8) is 0 Å². The van der Waals surface area contributed by atoms with E-state index in [0.29, 0.717) is 0 Å². The maximum absolute atomic E-state index is 4.46. The Labute approximate surface area is 126 Å². The van der Waals surface area contributed by atoms with E-state index in [9.17, 15) is 0 Å². The molecule has 1 aliphatic rings. The van der Waals surface area contributed by atoms with Crippen molar-refractivity contribution in [2.24, 2.45) is 0 Å². The van der Waals surface area contributed by atoms with Crippen molar-refractivity contribution < 1.29 is 20.1 Å². The Morgan fingerprint density at radius 1 is 1.32 bits per heavy atom. The van der Waals surface area contributed by atoms with Gasteiger partial charge in [0.15, 0.2) is 0 Å². The van der Waals surface area contributed by atoms with Gasteiger partial charge in [-0.2, -0.15) is 18.2 Å². The fraction of sp³-hybridized carbons (Fsp3) is 0.133. The van der Waals surface area contributed by atoms with Crippen LogP contribution in [0.3, 0.4) is 0 Å². The van der Waals surface area contributed by atoms with Crippen molar-refractivity contribution in [3.05, 3.63) is 66.4 Å². The van der Waals surface area contributed by atoms with Crippen molar-refractivity contribution in [3.8, 4) is 11.3 Å². The molecule has 0 bridgehead atoms. The number of aromatic nitrogens is 1. The van der Waals surface area contributed by atoms with Crippen molar-refractivity contribution in [1.29, 1.82) is 0 Å². The second kappa shape index (κ2) is 6.11. The monoisotopic (exact) mass is 428 g/mol. The minimum atomic E-state index is 0. The zero-order valence-electron chi connectivity index (χ0n) is 10.4. The molecule has 4 heteroatoms. The Hall–Kier alpha value is -1.48. The van der Waals surface area contributed by atoms with Crippen LogP contribution in [0.2, 0.25) is 0 Å². The van der Waals surface area contributed by atoms with E-state index in [1.165, 1.54) is 0 Å². The summed E-state index contributed by atoms with van der Waals surface area (Å²) in [6.45, 7) is 2.05. The van der Waals surface area contributed by atoms with Crippen LogP contribution in [0.5, 0.6) is 0 Å². The summed E-state index contributed by atoms with van der Waals surface area (Å²) in [6.07, 6.45) is 5.83. The summed E-state index contributed by atoms with van der Waals surface area (Å²) >= 11 is 0. The van der Waals surface area contributed by atoms with Crippen molar-refractivity contribution in [2.75, 3.05) is 5.01 Å². The maximum atomic E-state index is 4.46. The Morgan fingerprint density at radius 3 is 2.89 bits per heavy atom. The van der Waals surface area contributed by atoms with Gasteiger partial charge in [0.05, 0.1) is 0 Å². The summed E-state index contributed by atoms with van der Waals surface area (Å²) in [5.41, 5.74) is 7.45. The number of anilines is 1. The zero-order chi connectivity index (χ0) is 12.4. The molecule has 1 radical (unpaired) electrons. The van der Waals surface area contributed by atoms with E-state index < -0.39 is 0 Å². The summed E-state index contributed by atoms with van der Waals surface area (Å²) in [6, 6.07) is 15.3.